The second-order valence-electron chi connectivity index (χ2n) is 3.61. The van der Waals surface area contributed by atoms with E-state index in [0.29, 0.717) is 12.8 Å². The van der Waals surface area contributed by atoms with Crippen molar-refractivity contribution in [2.45, 2.75) is 19.0 Å². The molecule has 1 unspecified atom stereocenters. The molecule has 1 atom stereocenters. The molecule has 7 nitrogen and oxygen atoms in total. The highest BCUT2D eigenvalue weighted by atomic mass is 32.3. The van der Waals surface area contributed by atoms with E-state index >= 15 is 0 Å². The first kappa shape index (κ1) is 13.3. The second-order valence-corrected chi connectivity index (χ2v) is 8.04. The molecular formula is C7H12N2O5S2. The predicted octanol–water partition coefficient (Wildman–Crippen LogP) is -0.924. The van der Waals surface area contributed by atoms with E-state index in [1.807, 2.05) is 0 Å². The van der Waals surface area contributed by atoms with Gasteiger partial charge in [0.2, 0.25) is 16.1 Å². The van der Waals surface area contributed by atoms with E-state index in [1.165, 1.54) is 6.08 Å². The van der Waals surface area contributed by atoms with Crippen LogP contribution < -0.4 is 0 Å². The molecule has 1 heterocycles. The topological polar surface area (TPSA) is 101 Å². The Balaban J connectivity index is 2.95. The molecule has 0 aromatic carbocycles. The molecule has 0 bridgehead atoms. The molecule has 16 heavy (non-hydrogen) atoms. The standard InChI is InChI=1S/C7H12N2O5S2/c1-15(11,12)6-16(13,14)9-4-2-3-7(9)8-5-10/h7H,2-4,6H2,1H3. The fourth-order valence-electron chi connectivity index (χ4n) is 1.58. The predicted molar refractivity (Wildman–Crippen MR) is 56.5 cm³/mol. The number of isocyanates is 1. The van der Waals surface area contributed by atoms with Gasteiger partial charge in [0.1, 0.15) is 6.17 Å². The van der Waals surface area contributed by atoms with Crippen molar-refractivity contribution in [2.24, 2.45) is 4.99 Å². The minimum Gasteiger partial charge on any atom is -0.228 e. The van der Waals surface area contributed by atoms with Gasteiger partial charge in [0.05, 0.1) is 0 Å². The summed E-state index contributed by atoms with van der Waals surface area (Å²) >= 11 is 0. The minimum absolute atomic E-state index is 0.188. The Morgan fingerprint density at radius 1 is 1.38 bits per heavy atom. The van der Waals surface area contributed by atoms with Crippen molar-refractivity contribution in [2.75, 3.05) is 17.9 Å². The van der Waals surface area contributed by atoms with Gasteiger partial charge in [-0.3, -0.25) is 0 Å². The number of hydrogen-bond acceptors (Lipinski definition) is 6. The Morgan fingerprint density at radius 2 is 2.00 bits per heavy atom. The Morgan fingerprint density at radius 3 is 2.50 bits per heavy atom. The maximum absolute atomic E-state index is 11.7. The second kappa shape index (κ2) is 4.62. The summed E-state index contributed by atoms with van der Waals surface area (Å²) in [4.78, 5) is 13.4. The van der Waals surface area contributed by atoms with E-state index in [9.17, 15) is 21.6 Å². The molecule has 0 aromatic heterocycles. The number of aliphatic imine (C=N–C) groups is 1. The number of rotatable bonds is 4. The Kier molecular flexibility index (Phi) is 3.84. The maximum atomic E-state index is 11.7. The van der Waals surface area contributed by atoms with Crippen LogP contribution in [0.15, 0.2) is 4.99 Å². The fourth-order valence-corrected chi connectivity index (χ4v) is 5.21. The molecule has 0 radical (unpaired) electrons. The van der Waals surface area contributed by atoms with Crippen molar-refractivity contribution >= 4 is 25.9 Å². The molecule has 0 aromatic rings. The van der Waals surface area contributed by atoms with Crippen LogP contribution in [-0.4, -0.2) is 51.3 Å². The summed E-state index contributed by atoms with van der Waals surface area (Å²) in [7, 11) is -7.54. The Bertz CT molecular complexity index is 503. The SMILES string of the molecule is CS(=O)(=O)CS(=O)(=O)N1CCCC1N=C=O. The first-order chi connectivity index (χ1) is 7.26. The van der Waals surface area contributed by atoms with Crippen LogP contribution in [-0.2, 0) is 24.7 Å². The van der Waals surface area contributed by atoms with Gasteiger partial charge in [0, 0.05) is 12.8 Å². The summed E-state index contributed by atoms with van der Waals surface area (Å²) < 4.78 is 46.2. The molecule has 1 aliphatic heterocycles. The van der Waals surface area contributed by atoms with Crippen molar-refractivity contribution in [3.05, 3.63) is 0 Å². The van der Waals surface area contributed by atoms with Crippen LogP contribution in [0.1, 0.15) is 12.8 Å². The highest BCUT2D eigenvalue weighted by Crippen LogP contribution is 2.22. The average molecular weight is 268 g/mol. The maximum Gasteiger partial charge on any atom is 0.236 e. The zero-order valence-corrected chi connectivity index (χ0v) is 10.3. The van der Waals surface area contributed by atoms with Crippen molar-refractivity contribution in [3.8, 4) is 0 Å². The molecule has 0 N–H and O–H groups in total. The van der Waals surface area contributed by atoms with E-state index in [2.05, 4.69) is 4.99 Å². The largest absolute Gasteiger partial charge is 0.236 e. The fraction of sp³-hybridized carbons (Fsp3) is 0.857. The summed E-state index contributed by atoms with van der Waals surface area (Å²) in [6, 6.07) is 0. The lowest BCUT2D eigenvalue weighted by atomic mass is 10.3. The van der Waals surface area contributed by atoms with Crippen LogP contribution in [0.5, 0.6) is 0 Å². The normalized spacial score (nSPS) is 22.9. The Hall–Kier alpha value is -0.760. The molecule has 1 rings (SSSR count). The van der Waals surface area contributed by atoms with E-state index < -0.39 is 31.1 Å². The minimum atomic E-state index is -3.92. The quantitative estimate of drug-likeness (QED) is 0.484. The van der Waals surface area contributed by atoms with Crippen LogP contribution in [0.4, 0.5) is 0 Å². The first-order valence-corrected chi connectivity index (χ1v) is 8.17. The van der Waals surface area contributed by atoms with Crippen molar-refractivity contribution in [1.82, 2.24) is 4.31 Å². The molecule has 0 spiro atoms. The zero-order chi connectivity index (χ0) is 12.4. The third kappa shape index (κ3) is 3.38. The molecule has 0 amide bonds. The van der Waals surface area contributed by atoms with Crippen LogP contribution >= 0.6 is 0 Å². The third-order valence-electron chi connectivity index (χ3n) is 2.10. The van der Waals surface area contributed by atoms with Gasteiger partial charge in [-0.25, -0.2) is 21.6 Å². The zero-order valence-electron chi connectivity index (χ0n) is 8.66. The van der Waals surface area contributed by atoms with E-state index in [0.717, 1.165) is 10.6 Å². The lowest BCUT2D eigenvalue weighted by Crippen LogP contribution is -2.37. The summed E-state index contributed by atoms with van der Waals surface area (Å²) in [5, 5.41) is -0.953. The van der Waals surface area contributed by atoms with Gasteiger partial charge in [-0.2, -0.15) is 9.30 Å². The van der Waals surface area contributed by atoms with Gasteiger partial charge in [0.15, 0.2) is 14.9 Å². The van der Waals surface area contributed by atoms with E-state index in [4.69, 9.17) is 0 Å². The van der Waals surface area contributed by atoms with Gasteiger partial charge in [-0.1, -0.05) is 0 Å². The van der Waals surface area contributed by atoms with E-state index in [-0.39, 0.29) is 6.54 Å². The highest BCUT2D eigenvalue weighted by Gasteiger charge is 2.36. The number of hydrogen-bond donors (Lipinski definition) is 0. The van der Waals surface area contributed by atoms with Crippen LogP contribution in [0.2, 0.25) is 0 Å². The molecule has 92 valence electrons. The van der Waals surface area contributed by atoms with Crippen LogP contribution in [0, 0.1) is 0 Å². The molecule has 0 saturated carbocycles. The molecule has 9 heteroatoms. The lowest BCUT2D eigenvalue weighted by Gasteiger charge is -2.18. The van der Waals surface area contributed by atoms with Gasteiger partial charge < -0.3 is 0 Å². The smallest absolute Gasteiger partial charge is 0.228 e. The Labute approximate surface area is 94.1 Å². The number of carbonyl (C=O) groups excluding carboxylic acids is 1. The van der Waals surface area contributed by atoms with Crippen molar-refractivity contribution < 1.29 is 21.6 Å². The average Bonchev–Trinajstić information content (AvgIpc) is 2.48. The summed E-state index contributed by atoms with van der Waals surface area (Å²) in [5.74, 6) is 0. The summed E-state index contributed by atoms with van der Waals surface area (Å²) in [6.45, 7) is 0.188. The lowest BCUT2D eigenvalue weighted by molar-refractivity contribution is 0.398. The van der Waals surface area contributed by atoms with Gasteiger partial charge in [0.25, 0.3) is 0 Å². The van der Waals surface area contributed by atoms with Crippen LogP contribution in [0.3, 0.4) is 0 Å². The number of nitrogens with zero attached hydrogens (tertiary/aromatic N) is 2. The molecular weight excluding hydrogens is 256 g/mol. The van der Waals surface area contributed by atoms with Gasteiger partial charge >= 0.3 is 0 Å². The third-order valence-corrected chi connectivity index (χ3v) is 6.14. The van der Waals surface area contributed by atoms with Gasteiger partial charge in [-0.05, 0) is 12.8 Å². The monoisotopic (exact) mass is 268 g/mol. The van der Waals surface area contributed by atoms with Crippen LogP contribution in [0.25, 0.3) is 0 Å². The van der Waals surface area contributed by atoms with Gasteiger partial charge in [-0.15, -0.1) is 0 Å². The number of sulfonamides is 1. The molecule has 1 fully saturated rings. The van der Waals surface area contributed by atoms with Crippen molar-refractivity contribution in [3.63, 3.8) is 0 Å². The number of sulfone groups is 1. The summed E-state index contributed by atoms with van der Waals surface area (Å²) in [6.07, 6.45) is 2.31. The molecule has 1 aliphatic rings. The first-order valence-electron chi connectivity index (χ1n) is 4.50. The molecule has 1 saturated heterocycles. The molecule has 0 aliphatic carbocycles. The summed E-state index contributed by atoms with van der Waals surface area (Å²) in [5.41, 5.74) is 0. The van der Waals surface area contributed by atoms with E-state index in [1.54, 1.807) is 0 Å². The highest BCUT2D eigenvalue weighted by molar-refractivity contribution is 8.06. The van der Waals surface area contributed by atoms with Crippen molar-refractivity contribution in [1.29, 1.82) is 0 Å².